The molecule has 18 heavy (non-hydrogen) atoms. The third-order valence-corrected chi connectivity index (χ3v) is 2.42. The fourth-order valence-electron chi connectivity index (χ4n) is 1.54. The highest BCUT2D eigenvalue weighted by molar-refractivity contribution is 5.75. The molecular formula is C13H17N3O2. The van der Waals surface area contributed by atoms with Crippen LogP contribution in [0.4, 0.5) is 5.69 Å². The molecule has 0 aliphatic carbocycles. The average molecular weight is 247 g/mol. The van der Waals surface area contributed by atoms with E-state index in [1.54, 1.807) is 25.3 Å². The van der Waals surface area contributed by atoms with Gasteiger partial charge in [0.2, 0.25) is 0 Å². The van der Waals surface area contributed by atoms with Crippen LogP contribution < -0.4 is 4.90 Å². The zero-order chi connectivity index (χ0) is 13.5. The number of nitriles is 1. The summed E-state index contributed by atoms with van der Waals surface area (Å²) in [5.41, 5.74) is 1.16. The number of rotatable bonds is 5. The summed E-state index contributed by atoms with van der Waals surface area (Å²) < 4.78 is 4.94. The molecule has 0 aromatic carbocycles. The lowest BCUT2D eigenvalue weighted by Gasteiger charge is -2.27. The van der Waals surface area contributed by atoms with E-state index >= 15 is 0 Å². The van der Waals surface area contributed by atoms with Gasteiger partial charge in [0, 0.05) is 6.04 Å². The maximum absolute atomic E-state index is 11.5. The summed E-state index contributed by atoms with van der Waals surface area (Å²) >= 11 is 0. The fourth-order valence-corrected chi connectivity index (χ4v) is 1.54. The molecule has 1 heterocycles. The first kappa shape index (κ1) is 14.0. The molecule has 1 aromatic heterocycles. The van der Waals surface area contributed by atoms with E-state index in [2.05, 4.69) is 4.98 Å². The summed E-state index contributed by atoms with van der Waals surface area (Å²) in [7, 11) is 0. The first-order chi connectivity index (χ1) is 8.58. The van der Waals surface area contributed by atoms with Crippen molar-refractivity contribution >= 4 is 11.7 Å². The van der Waals surface area contributed by atoms with Gasteiger partial charge in [0.1, 0.15) is 18.3 Å². The standard InChI is InChI=1S/C13H17N3O2/c1-4-18-13(17)9-16(10(2)3)12-6-5-11(7-14)15-8-12/h5-6,8,10H,4,9H2,1-3H3. The Balaban J connectivity index is 2.84. The Hall–Kier alpha value is -2.09. The van der Waals surface area contributed by atoms with Crippen molar-refractivity contribution in [2.24, 2.45) is 0 Å². The molecule has 0 amide bonds. The van der Waals surface area contributed by atoms with Gasteiger partial charge in [-0.1, -0.05) is 0 Å². The molecule has 0 radical (unpaired) electrons. The number of esters is 1. The van der Waals surface area contributed by atoms with Crippen LogP contribution in [-0.4, -0.2) is 30.1 Å². The van der Waals surface area contributed by atoms with Crippen molar-refractivity contribution in [3.63, 3.8) is 0 Å². The van der Waals surface area contributed by atoms with Crippen molar-refractivity contribution in [2.45, 2.75) is 26.8 Å². The molecule has 96 valence electrons. The Bertz CT molecular complexity index is 435. The average Bonchev–Trinajstić information content (AvgIpc) is 2.36. The number of hydrogen-bond acceptors (Lipinski definition) is 5. The van der Waals surface area contributed by atoms with E-state index in [4.69, 9.17) is 10.00 Å². The molecule has 0 N–H and O–H groups in total. The molecule has 5 heteroatoms. The lowest BCUT2D eigenvalue weighted by Crippen LogP contribution is -2.36. The maximum Gasteiger partial charge on any atom is 0.325 e. The van der Waals surface area contributed by atoms with Gasteiger partial charge >= 0.3 is 5.97 Å². The molecular weight excluding hydrogens is 230 g/mol. The quantitative estimate of drug-likeness (QED) is 0.741. The molecule has 0 saturated heterocycles. The Morgan fingerprint density at radius 2 is 2.28 bits per heavy atom. The first-order valence-electron chi connectivity index (χ1n) is 5.87. The zero-order valence-electron chi connectivity index (χ0n) is 10.9. The summed E-state index contributed by atoms with van der Waals surface area (Å²) in [4.78, 5) is 17.4. The molecule has 0 fully saturated rings. The van der Waals surface area contributed by atoms with Crippen LogP contribution in [0.3, 0.4) is 0 Å². The molecule has 0 spiro atoms. The van der Waals surface area contributed by atoms with Crippen LogP contribution in [0, 0.1) is 11.3 Å². The van der Waals surface area contributed by atoms with Crippen molar-refractivity contribution < 1.29 is 9.53 Å². The third kappa shape index (κ3) is 3.74. The number of pyridine rings is 1. The molecule has 0 bridgehead atoms. The summed E-state index contributed by atoms with van der Waals surface area (Å²) in [6, 6.07) is 5.52. The van der Waals surface area contributed by atoms with E-state index in [9.17, 15) is 4.79 Å². The Kier molecular flexibility index (Phi) is 5.12. The molecule has 5 nitrogen and oxygen atoms in total. The summed E-state index contributed by atoms with van der Waals surface area (Å²) in [5.74, 6) is -0.268. The predicted molar refractivity (Wildman–Crippen MR) is 68.1 cm³/mol. The van der Waals surface area contributed by atoms with Crippen LogP contribution in [0.1, 0.15) is 26.5 Å². The smallest absolute Gasteiger partial charge is 0.325 e. The van der Waals surface area contributed by atoms with Crippen LogP contribution in [0.25, 0.3) is 0 Å². The van der Waals surface area contributed by atoms with Crippen LogP contribution in [-0.2, 0) is 9.53 Å². The molecule has 1 aromatic rings. The van der Waals surface area contributed by atoms with E-state index in [1.807, 2.05) is 24.8 Å². The normalized spacial score (nSPS) is 9.94. The molecule has 0 atom stereocenters. The summed E-state index contributed by atoms with van der Waals surface area (Å²) in [6.45, 7) is 6.30. The second-order valence-corrected chi connectivity index (χ2v) is 4.04. The lowest BCUT2D eigenvalue weighted by molar-refractivity contribution is -0.141. The second-order valence-electron chi connectivity index (χ2n) is 4.04. The minimum atomic E-state index is -0.268. The predicted octanol–water partition coefficient (Wildman–Crippen LogP) is 1.73. The Labute approximate surface area is 107 Å². The molecule has 0 aliphatic rings. The number of ether oxygens (including phenoxy) is 1. The number of carbonyl (C=O) groups excluding carboxylic acids is 1. The van der Waals surface area contributed by atoms with Gasteiger partial charge in [-0.05, 0) is 32.9 Å². The van der Waals surface area contributed by atoms with E-state index in [-0.39, 0.29) is 18.6 Å². The van der Waals surface area contributed by atoms with E-state index in [0.29, 0.717) is 12.3 Å². The van der Waals surface area contributed by atoms with Gasteiger partial charge in [0.05, 0.1) is 18.5 Å². The van der Waals surface area contributed by atoms with Gasteiger partial charge < -0.3 is 9.64 Å². The molecule has 0 aliphatic heterocycles. The minimum absolute atomic E-state index is 0.143. The number of hydrogen-bond donors (Lipinski definition) is 0. The first-order valence-corrected chi connectivity index (χ1v) is 5.87. The lowest BCUT2D eigenvalue weighted by atomic mass is 10.2. The van der Waals surface area contributed by atoms with Crippen molar-refractivity contribution in [2.75, 3.05) is 18.1 Å². The second kappa shape index (κ2) is 6.60. The van der Waals surface area contributed by atoms with Crippen molar-refractivity contribution in [3.05, 3.63) is 24.0 Å². The van der Waals surface area contributed by atoms with Crippen LogP contribution >= 0.6 is 0 Å². The maximum atomic E-state index is 11.5. The largest absolute Gasteiger partial charge is 0.465 e. The van der Waals surface area contributed by atoms with E-state index in [0.717, 1.165) is 5.69 Å². The van der Waals surface area contributed by atoms with E-state index in [1.165, 1.54) is 0 Å². The highest BCUT2D eigenvalue weighted by Crippen LogP contribution is 2.16. The monoisotopic (exact) mass is 247 g/mol. The minimum Gasteiger partial charge on any atom is -0.465 e. The zero-order valence-corrected chi connectivity index (χ0v) is 10.9. The van der Waals surface area contributed by atoms with Gasteiger partial charge in [0.25, 0.3) is 0 Å². The summed E-state index contributed by atoms with van der Waals surface area (Å²) in [6.07, 6.45) is 1.60. The Morgan fingerprint density at radius 3 is 2.72 bits per heavy atom. The number of anilines is 1. The highest BCUT2D eigenvalue weighted by atomic mass is 16.5. The van der Waals surface area contributed by atoms with Crippen molar-refractivity contribution in [3.8, 4) is 6.07 Å². The number of nitrogens with zero attached hydrogens (tertiary/aromatic N) is 3. The fraction of sp³-hybridized carbons (Fsp3) is 0.462. The van der Waals surface area contributed by atoms with Gasteiger partial charge in [-0.2, -0.15) is 5.26 Å². The van der Waals surface area contributed by atoms with E-state index < -0.39 is 0 Å². The SMILES string of the molecule is CCOC(=O)CN(c1ccc(C#N)nc1)C(C)C. The molecule has 0 saturated carbocycles. The van der Waals surface area contributed by atoms with Gasteiger partial charge in [-0.15, -0.1) is 0 Å². The Morgan fingerprint density at radius 1 is 1.56 bits per heavy atom. The molecule has 1 rings (SSSR count). The van der Waals surface area contributed by atoms with Gasteiger partial charge in [0.15, 0.2) is 0 Å². The van der Waals surface area contributed by atoms with Crippen LogP contribution in [0.2, 0.25) is 0 Å². The van der Waals surface area contributed by atoms with Gasteiger partial charge in [-0.3, -0.25) is 4.79 Å². The number of aromatic nitrogens is 1. The van der Waals surface area contributed by atoms with Crippen LogP contribution in [0.5, 0.6) is 0 Å². The highest BCUT2D eigenvalue weighted by Gasteiger charge is 2.15. The van der Waals surface area contributed by atoms with Crippen molar-refractivity contribution in [1.82, 2.24) is 4.98 Å². The van der Waals surface area contributed by atoms with Crippen LogP contribution in [0.15, 0.2) is 18.3 Å². The topological polar surface area (TPSA) is 66.2 Å². The molecule has 0 unspecified atom stereocenters. The third-order valence-electron chi connectivity index (χ3n) is 2.42. The van der Waals surface area contributed by atoms with Gasteiger partial charge in [-0.25, -0.2) is 4.98 Å². The van der Waals surface area contributed by atoms with Crippen molar-refractivity contribution in [1.29, 1.82) is 5.26 Å². The summed E-state index contributed by atoms with van der Waals surface area (Å²) in [5, 5.41) is 8.69. The number of carbonyl (C=O) groups is 1.